The van der Waals surface area contributed by atoms with Crippen LogP contribution >= 0.6 is 0 Å². The fourth-order valence-corrected chi connectivity index (χ4v) is 5.34. The van der Waals surface area contributed by atoms with Gasteiger partial charge in [-0.1, -0.05) is 6.08 Å². The molecule has 1 fully saturated rings. The number of piperidine rings is 1. The van der Waals surface area contributed by atoms with E-state index >= 15 is 0 Å². The highest BCUT2D eigenvalue weighted by Crippen LogP contribution is 2.30. The molecule has 1 saturated heterocycles. The Balaban J connectivity index is 1.38. The standard InChI is InChI=1S/C22H28N4O3S/c1-2-12-24-30(28,29)20-8-6-18(7-9-20)22(27)25-14-10-17(11-15-25)21-23-16-19-5-3-4-13-26(19)21/h2,6-9,16-17,24H,1,3-5,10-15H2. The van der Waals surface area contributed by atoms with Gasteiger partial charge in [0.25, 0.3) is 5.91 Å². The van der Waals surface area contributed by atoms with Crippen molar-refractivity contribution in [3.63, 3.8) is 0 Å². The van der Waals surface area contributed by atoms with E-state index in [0.717, 1.165) is 25.8 Å². The molecule has 0 aliphatic carbocycles. The Morgan fingerprint density at radius 3 is 2.60 bits per heavy atom. The molecule has 3 heterocycles. The third-order valence-electron chi connectivity index (χ3n) is 6.01. The first-order valence-corrected chi connectivity index (χ1v) is 12.0. The van der Waals surface area contributed by atoms with Crippen molar-refractivity contribution in [1.29, 1.82) is 0 Å². The van der Waals surface area contributed by atoms with Gasteiger partial charge in [-0.25, -0.2) is 18.1 Å². The number of aryl methyl sites for hydroxylation is 1. The number of fused-ring (bicyclic) bond motifs is 1. The lowest BCUT2D eigenvalue weighted by atomic mass is 9.95. The molecular weight excluding hydrogens is 400 g/mol. The van der Waals surface area contributed by atoms with E-state index in [9.17, 15) is 13.2 Å². The Bertz CT molecular complexity index is 1020. The second kappa shape index (κ2) is 8.73. The average Bonchev–Trinajstić information content (AvgIpc) is 3.22. The number of benzene rings is 1. The van der Waals surface area contributed by atoms with E-state index in [0.29, 0.717) is 24.6 Å². The minimum absolute atomic E-state index is 0.0541. The van der Waals surface area contributed by atoms with Crippen LogP contribution < -0.4 is 4.72 Å². The van der Waals surface area contributed by atoms with Gasteiger partial charge in [-0.2, -0.15) is 0 Å². The summed E-state index contributed by atoms with van der Waals surface area (Å²) >= 11 is 0. The molecule has 1 amide bonds. The van der Waals surface area contributed by atoms with Gasteiger partial charge in [0.1, 0.15) is 5.82 Å². The normalized spacial score (nSPS) is 17.5. The maximum absolute atomic E-state index is 12.9. The van der Waals surface area contributed by atoms with Crippen LogP contribution in [-0.4, -0.2) is 48.4 Å². The molecule has 0 unspecified atom stereocenters. The maximum atomic E-state index is 12.9. The smallest absolute Gasteiger partial charge is 0.253 e. The lowest BCUT2D eigenvalue weighted by molar-refractivity contribution is 0.0710. The Morgan fingerprint density at radius 2 is 1.90 bits per heavy atom. The summed E-state index contributed by atoms with van der Waals surface area (Å²) in [5.41, 5.74) is 1.85. The number of amides is 1. The summed E-state index contributed by atoms with van der Waals surface area (Å²) in [4.78, 5) is 19.6. The zero-order valence-corrected chi connectivity index (χ0v) is 17.9. The molecule has 2 aliphatic rings. The van der Waals surface area contributed by atoms with Crippen molar-refractivity contribution in [1.82, 2.24) is 19.2 Å². The number of sulfonamides is 1. The first kappa shape index (κ1) is 20.8. The van der Waals surface area contributed by atoms with E-state index in [1.54, 1.807) is 12.1 Å². The molecule has 30 heavy (non-hydrogen) atoms. The molecule has 0 saturated carbocycles. The minimum Gasteiger partial charge on any atom is -0.339 e. The monoisotopic (exact) mass is 428 g/mol. The Morgan fingerprint density at radius 1 is 1.17 bits per heavy atom. The fraction of sp³-hybridized carbons (Fsp3) is 0.455. The number of hydrogen-bond acceptors (Lipinski definition) is 4. The molecule has 0 spiro atoms. The van der Waals surface area contributed by atoms with Crippen LogP contribution in [0, 0.1) is 0 Å². The van der Waals surface area contributed by atoms with Gasteiger partial charge in [0.2, 0.25) is 10.0 Å². The highest BCUT2D eigenvalue weighted by atomic mass is 32.2. The van der Waals surface area contributed by atoms with Gasteiger partial charge < -0.3 is 9.47 Å². The zero-order valence-electron chi connectivity index (χ0n) is 17.1. The highest BCUT2D eigenvalue weighted by molar-refractivity contribution is 7.89. The molecule has 2 aliphatic heterocycles. The van der Waals surface area contributed by atoms with E-state index < -0.39 is 10.0 Å². The molecule has 0 radical (unpaired) electrons. The van der Waals surface area contributed by atoms with Crippen LogP contribution in [0.15, 0.2) is 48.0 Å². The van der Waals surface area contributed by atoms with Crippen LogP contribution in [0.1, 0.15) is 53.5 Å². The molecule has 1 aromatic carbocycles. The van der Waals surface area contributed by atoms with Crippen molar-refractivity contribution in [3.8, 4) is 0 Å². The predicted molar refractivity (Wildman–Crippen MR) is 115 cm³/mol. The van der Waals surface area contributed by atoms with E-state index in [1.165, 1.54) is 42.6 Å². The number of nitrogens with one attached hydrogen (secondary N) is 1. The molecule has 1 aromatic heterocycles. The second-order valence-electron chi connectivity index (χ2n) is 7.95. The topological polar surface area (TPSA) is 84.3 Å². The second-order valence-corrected chi connectivity index (χ2v) is 9.71. The molecule has 4 rings (SSSR count). The first-order chi connectivity index (χ1) is 14.5. The molecule has 1 N–H and O–H groups in total. The van der Waals surface area contributed by atoms with Crippen molar-refractivity contribution >= 4 is 15.9 Å². The number of aromatic nitrogens is 2. The predicted octanol–water partition coefficient (Wildman–Crippen LogP) is 2.70. The van der Waals surface area contributed by atoms with Crippen molar-refractivity contribution in [2.24, 2.45) is 0 Å². The third-order valence-corrected chi connectivity index (χ3v) is 7.45. The number of nitrogens with zero attached hydrogens (tertiary/aromatic N) is 3. The number of rotatable bonds is 6. The van der Waals surface area contributed by atoms with E-state index in [2.05, 4.69) is 15.9 Å². The summed E-state index contributed by atoms with van der Waals surface area (Å²) < 4.78 is 29.1. The summed E-state index contributed by atoms with van der Waals surface area (Å²) in [5, 5.41) is 0. The quantitative estimate of drug-likeness (QED) is 0.717. The summed E-state index contributed by atoms with van der Waals surface area (Å²) in [7, 11) is -3.59. The molecule has 0 atom stereocenters. The summed E-state index contributed by atoms with van der Waals surface area (Å²) in [6, 6.07) is 6.12. The fourth-order valence-electron chi connectivity index (χ4n) is 4.34. The molecule has 160 valence electrons. The number of likely N-dealkylation sites (tertiary alicyclic amines) is 1. The Kier molecular flexibility index (Phi) is 6.06. The SMILES string of the molecule is C=CCNS(=O)(=O)c1ccc(C(=O)N2CCC(c3ncc4n3CCCC4)CC2)cc1. The van der Waals surface area contributed by atoms with Crippen molar-refractivity contribution in [2.75, 3.05) is 19.6 Å². The Labute approximate surface area is 177 Å². The molecule has 8 heteroatoms. The molecule has 7 nitrogen and oxygen atoms in total. The van der Waals surface area contributed by atoms with E-state index in [4.69, 9.17) is 4.98 Å². The molecule has 0 bridgehead atoms. The van der Waals surface area contributed by atoms with Crippen LogP contribution in [0.25, 0.3) is 0 Å². The van der Waals surface area contributed by atoms with Crippen LogP contribution in [0.5, 0.6) is 0 Å². The first-order valence-electron chi connectivity index (χ1n) is 10.5. The largest absolute Gasteiger partial charge is 0.339 e. The lowest BCUT2D eigenvalue weighted by Gasteiger charge is -2.32. The van der Waals surface area contributed by atoms with Crippen molar-refractivity contribution in [2.45, 2.75) is 49.5 Å². The number of carbonyl (C=O) groups is 1. The molecule has 2 aromatic rings. The summed E-state index contributed by atoms with van der Waals surface area (Å²) in [6.07, 6.45) is 8.87. The van der Waals surface area contributed by atoms with Crippen LogP contribution in [-0.2, 0) is 23.0 Å². The zero-order chi connectivity index (χ0) is 21.1. The summed E-state index contributed by atoms with van der Waals surface area (Å²) in [5.74, 6) is 1.52. The van der Waals surface area contributed by atoms with Gasteiger partial charge in [0.15, 0.2) is 0 Å². The van der Waals surface area contributed by atoms with Crippen molar-refractivity contribution in [3.05, 3.63) is 60.2 Å². The molecular formula is C22H28N4O3S. The lowest BCUT2D eigenvalue weighted by Crippen LogP contribution is -2.38. The van der Waals surface area contributed by atoms with E-state index in [1.807, 2.05) is 11.1 Å². The van der Waals surface area contributed by atoms with Gasteiger partial charge in [-0.3, -0.25) is 4.79 Å². The minimum atomic E-state index is -3.59. The van der Waals surface area contributed by atoms with Crippen LogP contribution in [0.4, 0.5) is 0 Å². The average molecular weight is 429 g/mol. The third kappa shape index (κ3) is 4.20. The maximum Gasteiger partial charge on any atom is 0.253 e. The van der Waals surface area contributed by atoms with Gasteiger partial charge in [0, 0.05) is 49.6 Å². The Hall–Kier alpha value is -2.45. The van der Waals surface area contributed by atoms with Crippen molar-refractivity contribution < 1.29 is 13.2 Å². The highest BCUT2D eigenvalue weighted by Gasteiger charge is 2.28. The summed E-state index contributed by atoms with van der Waals surface area (Å²) in [6.45, 7) is 6.10. The van der Waals surface area contributed by atoms with Crippen LogP contribution in [0.3, 0.4) is 0 Å². The van der Waals surface area contributed by atoms with E-state index in [-0.39, 0.29) is 17.3 Å². The van der Waals surface area contributed by atoms with Crippen LogP contribution in [0.2, 0.25) is 0 Å². The van der Waals surface area contributed by atoms with Gasteiger partial charge >= 0.3 is 0 Å². The van der Waals surface area contributed by atoms with Gasteiger partial charge in [0.05, 0.1) is 4.90 Å². The van der Waals surface area contributed by atoms with Gasteiger partial charge in [-0.05, 0) is 56.4 Å². The number of carbonyl (C=O) groups excluding carboxylic acids is 1. The number of hydrogen-bond donors (Lipinski definition) is 1. The number of imidazole rings is 1. The van der Waals surface area contributed by atoms with Gasteiger partial charge in [-0.15, -0.1) is 6.58 Å².